The zero-order valence-electron chi connectivity index (χ0n) is 24.5. The van der Waals surface area contributed by atoms with Crippen LogP contribution in [0.1, 0.15) is 103 Å². The average Bonchev–Trinajstić information content (AvgIpc) is 3.18. The van der Waals surface area contributed by atoms with E-state index in [2.05, 4.69) is 53.7 Å². The van der Waals surface area contributed by atoms with Gasteiger partial charge in [0.2, 0.25) is 0 Å². The summed E-state index contributed by atoms with van der Waals surface area (Å²) in [6.45, 7) is 14.1. The third-order valence-electron chi connectivity index (χ3n) is 11.5. The molecule has 0 aromatic heterocycles. The Hall–Kier alpha value is -2.16. The van der Waals surface area contributed by atoms with Gasteiger partial charge in [-0.25, -0.2) is 4.79 Å². The predicted molar refractivity (Wildman–Crippen MR) is 154 cm³/mol. The summed E-state index contributed by atoms with van der Waals surface area (Å²) in [5.74, 6) is 3.32. The lowest BCUT2D eigenvalue weighted by atomic mass is 9.49. The van der Waals surface area contributed by atoms with Gasteiger partial charge in [0.1, 0.15) is 6.10 Å². The number of ketones is 1. The van der Waals surface area contributed by atoms with Crippen molar-refractivity contribution in [3.8, 4) is 0 Å². The highest BCUT2D eigenvalue weighted by atomic mass is 16.5. The predicted octanol–water partition coefficient (Wildman–Crippen LogP) is 8.60. The first-order valence-corrected chi connectivity index (χ1v) is 15.3. The smallest absolute Gasteiger partial charge is 0.338 e. The van der Waals surface area contributed by atoms with Crippen molar-refractivity contribution < 1.29 is 14.3 Å². The molecule has 38 heavy (non-hydrogen) atoms. The molecule has 4 aliphatic rings. The van der Waals surface area contributed by atoms with Gasteiger partial charge in [-0.15, -0.1) is 0 Å². The molecule has 0 heterocycles. The van der Waals surface area contributed by atoms with E-state index >= 15 is 0 Å². The molecule has 0 saturated heterocycles. The van der Waals surface area contributed by atoms with Crippen LogP contribution in [0, 0.1) is 46.3 Å². The minimum absolute atomic E-state index is 0.00204. The highest BCUT2D eigenvalue weighted by Crippen LogP contribution is 2.65. The molecule has 3 saturated carbocycles. The van der Waals surface area contributed by atoms with Gasteiger partial charge in [-0.05, 0) is 103 Å². The summed E-state index contributed by atoms with van der Waals surface area (Å²) < 4.78 is 5.99. The van der Waals surface area contributed by atoms with Crippen LogP contribution >= 0.6 is 0 Å². The molecular formula is C35H48O3. The first kappa shape index (κ1) is 27.4. The van der Waals surface area contributed by atoms with Gasteiger partial charge in [0.15, 0.2) is 5.78 Å². The van der Waals surface area contributed by atoms with E-state index in [1.54, 1.807) is 0 Å². The first-order chi connectivity index (χ1) is 18.0. The van der Waals surface area contributed by atoms with Crippen LogP contribution in [0.5, 0.6) is 0 Å². The lowest BCUT2D eigenvalue weighted by molar-refractivity contribution is -0.115. The molecule has 3 fully saturated rings. The Kier molecular flexibility index (Phi) is 7.52. The van der Waals surface area contributed by atoms with Crippen LogP contribution in [0.3, 0.4) is 0 Å². The molecular weight excluding hydrogens is 468 g/mol. The Bertz CT molecular complexity index is 1110. The largest absolute Gasteiger partial charge is 0.459 e. The maximum atomic E-state index is 13.7. The number of hydrogen-bond donors (Lipinski definition) is 0. The van der Waals surface area contributed by atoms with Crippen LogP contribution in [0.25, 0.3) is 0 Å². The first-order valence-electron chi connectivity index (χ1n) is 15.3. The Balaban J connectivity index is 1.33. The normalized spacial score (nSPS) is 36.6. The number of carbonyl (C=O) groups is 2. The van der Waals surface area contributed by atoms with Crippen LogP contribution < -0.4 is 0 Å². The third kappa shape index (κ3) is 4.73. The molecule has 0 bridgehead atoms. The van der Waals surface area contributed by atoms with Crippen LogP contribution in [0.4, 0.5) is 0 Å². The summed E-state index contributed by atoms with van der Waals surface area (Å²) >= 11 is 0. The van der Waals surface area contributed by atoms with Crippen molar-refractivity contribution in [1.82, 2.24) is 0 Å². The van der Waals surface area contributed by atoms with Gasteiger partial charge in [-0.3, -0.25) is 4.79 Å². The van der Waals surface area contributed by atoms with Gasteiger partial charge in [0.25, 0.3) is 0 Å². The molecule has 2 unspecified atom stereocenters. The summed E-state index contributed by atoms with van der Waals surface area (Å²) in [6.07, 6.45) is 12.9. The number of allylic oxidation sites excluding steroid dienone is 4. The van der Waals surface area contributed by atoms with Gasteiger partial charge >= 0.3 is 5.97 Å². The maximum absolute atomic E-state index is 13.7. The summed E-state index contributed by atoms with van der Waals surface area (Å²) in [6, 6.07) is 9.37. The van der Waals surface area contributed by atoms with Crippen molar-refractivity contribution in [3.05, 3.63) is 59.2 Å². The van der Waals surface area contributed by atoms with Gasteiger partial charge in [0.05, 0.1) is 5.56 Å². The summed E-state index contributed by atoms with van der Waals surface area (Å²) in [7, 11) is 0. The Labute approximate surface area is 230 Å². The number of rotatable bonds is 6. The van der Waals surface area contributed by atoms with Gasteiger partial charge in [-0.1, -0.05) is 77.5 Å². The van der Waals surface area contributed by atoms with E-state index in [0.717, 1.165) is 38.5 Å². The topological polar surface area (TPSA) is 43.4 Å². The quantitative estimate of drug-likeness (QED) is 0.281. The van der Waals surface area contributed by atoms with E-state index in [-0.39, 0.29) is 22.9 Å². The number of ether oxygens (including phenoxy) is 1. The molecule has 0 aliphatic heterocycles. The molecule has 5 rings (SSSR count). The van der Waals surface area contributed by atoms with Crippen LogP contribution in [-0.2, 0) is 9.53 Å². The fraction of sp³-hybridized carbons (Fsp3) is 0.657. The number of esters is 1. The van der Waals surface area contributed by atoms with E-state index in [0.29, 0.717) is 53.3 Å². The second-order valence-electron chi connectivity index (χ2n) is 13.9. The maximum Gasteiger partial charge on any atom is 0.338 e. The minimum Gasteiger partial charge on any atom is -0.459 e. The minimum atomic E-state index is -0.195. The zero-order chi connectivity index (χ0) is 27.2. The molecule has 0 amide bonds. The second-order valence-corrected chi connectivity index (χ2v) is 13.9. The van der Waals surface area contributed by atoms with E-state index in [1.165, 1.54) is 17.6 Å². The van der Waals surface area contributed by atoms with Crippen molar-refractivity contribution in [3.63, 3.8) is 0 Å². The fourth-order valence-electron chi connectivity index (χ4n) is 8.70. The Morgan fingerprint density at radius 2 is 1.74 bits per heavy atom. The molecule has 3 nitrogen and oxygen atoms in total. The van der Waals surface area contributed by atoms with Gasteiger partial charge < -0.3 is 4.74 Å². The lowest BCUT2D eigenvalue weighted by Crippen LogP contribution is -2.49. The van der Waals surface area contributed by atoms with Crippen LogP contribution in [0.2, 0.25) is 0 Å². The molecule has 4 aliphatic carbocycles. The van der Waals surface area contributed by atoms with Crippen molar-refractivity contribution in [2.75, 3.05) is 0 Å². The van der Waals surface area contributed by atoms with Crippen molar-refractivity contribution in [2.45, 2.75) is 99.0 Å². The SMILES string of the molecule is CC(C)[C@@H](C)C=C[C@@H](C)[C@H]1CC(=O)C2=C3CCC4CC(OC(=O)c5ccccc5)CC[C@]4(C)[C@H]3CC[C@@]21C. The highest BCUT2D eigenvalue weighted by molar-refractivity contribution is 6.00. The molecule has 8 atom stereocenters. The van der Waals surface area contributed by atoms with E-state index in [4.69, 9.17) is 4.74 Å². The molecule has 206 valence electrons. The van der Waals surface area contributed by atoms with Crippen molar-refractivity contribution in [1.29, 1.82) is 0 Å². The zero-order valence-corrected chi connectivity index (χ0v) is 24.5. The molecule has 1 aromatic carbocycles. The van der Waals surface area contributed by atoms with Crippen LogP contribution in [-0.4, -0.2) is 17.9 Å². The van der Waals surface area contributed by atoms with E-state index < -0.39 is 0 Å². The standard InChI is InChI=1S/C35H48O3/c1-22(2)23(3)12-13-24(4)30-21-31(36)32-28-15-14-26-20-27(38-33(37)25-10-8-7-9-11-25)16-18-34(26,5)29(28)17-19-35(30,32)6/h7-13,22-24,26-27,29-30H,14-21H2,1-6H3/t23-,24+,26?,27?,29-,30+,34-,35+/m0/s1. The number of hydrogen-bond acceptors (Lipinski definition) is 3. The summed E-state index contributed by atoms with van der Waals surface area (Å²) in [4.78, 5) is 26.4. The molecule has 3 heteroatoms. The number of carbonyl (C=O) groups excluding carboxylic acids is 2. The molecule has 1 aromatic rings. The van der Waals surface area contributed by atoms with Gasteiger partial charge in [-0.2, -0.15) is 0 Å². The number of benzene rings is 1. The highest BCUT2D eigenvalue weighted by Gasteiger charge is 2.58. The number of Topliss-reactive ketones (excluding diaryl/α,β-unsaturated/α-hetero) is 1. The third-order valence-corrected chi connectivity index (χ3v) is 11.5. The molecule has 0 radical (unpaired) electrons. The van der Waals surface area contributed by atoms with E-state index in [1.807, 2.05) is 30.3 Å². The number of fused-ring (bicyclic) bond motifs is 4. The average molecular weight is 517 g/mol. The monoisotopic (exact) mass is 516 g/mol. The van der Waals surface area contributed by atoms with Gasteiger partial charge in [0, 0.05) is 12.0 Å². The molecule has 0 N–H and O–H groups in total. The Morgan fingerprint density at radius 3 is 2.45 bits per heavy atom. The van der Waals surface area contributed by atoms with Crippen molar-refractivity contribution >= 4 is 11.8 Å². The fourth-order valence-corrected chi connectivity index (χ4v) is 8.70. The molecule has 0 spiro atoms. The summed E-state index contributed by atoms with van der Waals surface area (Å²) in [5.41, 5.74) is 3.60. The summed E-state index contributed by atoms with van der Waals surface area (Å²) in [5, 5.41) is 0. The van der Waals surface area contributed by atoms with Crippen molar-refractivity contribution in [2.24, 2.45) is 46.3 Å². The van der Waals surface area contributed by atoms with Crippen LogP contribution in [0.15, 0.2) is 53.6 Å². The van der Waals surface area contributed by atoms with E-state index in [9.17, 15) is 9.59 Å². The second kappa shape index (κ2) is 10.4. The lowest BCUT2D eigenvalue weighted by Gasteiger charge is -2.56. The Morgan fingerprint density at radius 1 is 1.00 bits per heavy atom.